The van der Waals surface area contributed by atoms with E-state index >= 15 is 0 Å². The van der Waals surface area contributed by atoms with E-state index < -0.39 is 6.10 Å². The first-order chi connectivity index (χ1) is 8.99. The molecule has 0 N–H and O–H groups in total. The summed E-state index contributed by atoms with van der Waals surface area (Å²) in [6.07, 6.45) is 0.122. The van der Waals surface area contributed by atoms with Gasteiger partial charge in [0, 0.05) is 19.7 Å². The summed E-state index contributed by atoms with van der Waals surface area (Å²) in [6.45, 7) is 3.96. The SMILES string of the molecule is CCOc1cc(C=O)ccc1O[C@H](C)C(=O)N(C)C. The molecule has 104 valence electrons. The minimum absolute atomic E-state index is 0.137. The fraction of sp³-hybridized carbons (Fsp3) is 0.429. The Bertz CT molecular complexity index is 457. The van der Waals surface area contributed by atoms with Crippen molar-refractivity contribution in [3.8, 4) is 11.5 Å². The minimum Gasteiger partial charge on any atom is -0.490 e. The molecule has 0 spiro atoms. The number of benzene rings is 1. The van der Waals surface area contributed by atoms with E-state index in [1.54, 1.807) is 39.2 Å². The Morgan fingerprint density at radius 1 is 1.37 bits per heavy atom. The molecule has 0 radical (unpaired) electrons. The van der Waals surface area contributed by atoms with E-state index in [-0.39, 0.29) is 5.91 Å². The highest BCUT2D eigenvalue weighted by atomic mass is 16.5. The molecule has 19 heavy (non-hydrogen) atoms. The standard InChI is InChI=1S/C14H19NO4/c1-5-18-13-8-11(9-16)6-7-12(13)19-10(2)14(17)15(3)4/h6-10H,5H2,1-4H3/t10-/m1/s1. The van der Waals surface area contributed by atoms with Crippen molar-refractivity contribution < 1.29 is 19.1 Å². The van der Waals surface area contributed by atoms with Crippen molar-refractivity contribution in [2.24, 2.45) is 0 Å². The Morgan fingerprint density at radius 3 is 2.58 bits per heavy atom. The fourth-order valence-corrected chi connectivity index (χ4v) is 1.57. The molecule has 1 atom stereocenters. The number of amides is 1. The molecule has 0 aliphatic rings. The Labute approximate surface area is 113 Å². The second-order valence-corrected chi connectivity index (χ2v) is 4.25. The van der Waals surface area contributed by atoms with Crippen molar-refractivity contribution in [2.45, 2.75) is 20.0 Å². The van der Waals surface area contributed by atoms with E-state index in [9.17, 15) is 9.59 Å². The van der Waals surface area contributed by atoms with Gasteiger partial charge in [-0.3, -0.25) is 9.59 Å². The zero-order chi connectivity index (χ0) is 14.4. The molecule has 1 amide bonds. The Kier molecular flexibility index (Phi) is 5.36. The predicted octanol–water partition coefficient (Wildman–Crippen LogP) is 1.75. The molecule has 0 aromatic heterocycles. The van der Waals surface area contributed by atoms with Crippen LogP contribution < -0.4 is 9.47 Å². The molecule has 5 nitrogen and oxygen atoms in total. The van der Waals surface area contributed by atoms with Gasteiger partial charge in [0.15, 0.2) is 17.6 Å². The molecule has 0 saturated carbocycles. The Hall–Kier alpha value is -2.04. The third-order valence-electron chi connectivity index (χ3n) is 2.50. The van der Waals surface area contributed by atoms with Gasteiger partial charge in [-0.25, -0.2) is 0 Å². The number of rotatable bonds is 6. The first-order valence-corrected chi connectivity index (χ1v) is 6.09. The first kappa shape index (κ1) is 15.0. The maximum atomic E-state index is 11.7. The maximum Gasteiger partial charge on any atom is 0.262 e. The molecule has 0 saturated heterocycles. The molecule has 0 heterocycles. The van der Waals surface area contributed by atoms with Crippen LogP contribution in [0.1, 0.15) is 24.2 Å². The molecule has 1 aromatic carbocycles. The van der Waals surface area contributed by atoms with Gasteiger partial charge in [0.2, 0.25) is 0 Å². The van der Waals surface area contributed by atoms with Gasteiger partial charge in [-0.15, -0.1) is 0 Å². The van der Waals surface area contributed by atoms with E-state index in [1.807, 2.05) is 6.92 Å². The third kappa shape index (κ3) is 3.98. The van der Waals surface area contributed by atoms with Crippen molar-refractivity contribution in [3.63, 3.8) is 0 Å². The van der Waals surface area contributed by atoms with Crippen LogP contribution in [0.25, 0.3) is 0 Å². The summed E-state index contributed by atoms with van der Waals surface area (Å²) in [5, 5.41) is 0. The van der Waals surface area contributed by atoms with Crippen LogP contribution >= 0.6 is 0 Å². The van der Waals surface area contributed by atoms with Gasteiger partial charge in [-0.2, -0.15) is 0 Å². The molecule has 0 fully saturated rings. The molecule has 0 aliphatic carbocycles. The van der Waals surface area contributed by atoms with Crippen molar-refractivity contribution in [1.82, 2.24) is 4.90 Å². The smallest absolute Gasteiger partial charge is 0.262 e. The highest BCUT2D eigenvalue weighted by molar-refractivity contribution is 5.80. The van der Waals surface area contributed by atoms with Crippen LogP contribution in [0.4, 0.5) is 0 Å². The number of hydrogen-bond donors (Lipinski definition) is 0. The zero-order valence-corrected chi connectivity index (χ0v) is 11.7. The van der Waals surface area contributed by atoms with Crippen molar-refractivity contribution in [3.05, 3.63) is 23.8 Å². The van der Waals surface area contributed by atoms with E-state index in [2.05, 4.69) is 0 Å². The van der Waals surface area contributed by atoms with E-state index in [4.69, 9.17) is 9.47 Å². The number of likely N-dealkylation sites (N-methyl/N-ethyl adjacent to an activating group) is 1. The van der Waals surface area contributed by atoms with Crippen LogP contribution in [-0.4, -0.2) is 43.9 Å². The lowest BCUT2D eigenvalue weighted by Crippen LogP contribution is -2.35. The molecular weight excluding hydrogens is 246 g/mol. The van der Waals surface area contributed by atoms with Crippen LogP contribution in [0, 0.1) is 0 Å². The topological polar surface area (TPSA) is 55.8 Å². The van der Waals surface area contributed by atoms with Gasteiger partial charge in [0.1, 0.15) is 6.29 Å². The van der Waals surface area contributed by atoms with Gasteiger partial charge in [0.25, 0.3) is 5.91 Å². The van der Waals surface area contributed by atoms with Crippen molar-refractivity contribution >= 4 is 12.2 Å². The molecule has 0 bridgehead atoms. The molecular formula is C14H19NO4. The van der Waals surface area contributed by atoms with Crippen LogP contribution in [-0.2, 0) is 4.79 Å². The minimum atomic E-state index is -0.615. The molecule has 5 heteroatoms. The molecule has 0 aliphatic heterocycles. The third-order valence-corrected chi connectivity index (χ3v) is 2.50. The number of nitrogens with zero attached hydrogens (tertiary/aromatic N) is 1. The lowest BCUT2D eigenvalue weighted by molar-refractivity contribution is -0.135. The first-order valence-electron chi connectivity index (χ1n) is 6.09. The number of carbonyl (C=O) groups excluding carboxylic acids is 2. The van der Waals surface area contributed by atoms with Crippen molar-refractivity contribution in [1.29, 1.82) is 0 Å². The summed E-state index contributed by atoms with van der Waals surface area (Å²) in [7, 11) is 3.34. The second kappa shape index (κ2) is 6.78. The maximum absolute atomic E-state index is 11.7. The Morgan fingerprint density at radius 2 is 2.05 bits per heavy atom. The lowest BCUT2D eigenvalue weighted by Gasteiger charge is -2.20. The van der Waals surface area contributed by atoms with Gasteiger partial charge in [0.05, 0.1) is 6.61 Å². The van der Waals surface area contributed by atoms with Gasteiger partial charge >= 0.3 is 0 Å². The highest BCUT2D eigenvalue weighted by Crippen LogP contribution is 2.29. The fourth-order valence-electron chi connectivity index (χ4n) is 1.57. The zero-order valence-electron chi connectivity index (χ0n) is 11.7. The largest absolute Gasteiger partial charge is 0.490 e. The summed E-state index contributed by atoms with van der Waals surface area (Å²) in [5.41, 5.74) is 0.502. The lowest BCUT2D eigenvalue weighted by atomic mass is 10.2. The van der Waals surface area contributed by atoms with Crippen LogP contribution in [0.3, 0.4) is 0 Å². The Balaban J connectivity index is 2.93. The summed E-state index contributed by atoms with van der Waals surface area (Å²) >= 11 is 0. The normalized spacial score (nSPS) is 11.6. The second-order valence-electron chi connectivity index (χ2n) is 4.25. The molecule has 1 aromatic rings. The average Bonchev–Trinajstić information content (AvgIpc) is 2.39. The van der Waals surface area contributed by atoms with Gasteiger partial charge in [-0.05, 0) is 32.0 Å². The van der Waals surface area contributed by atoms with E-state index in [0.717, 1.165) is 6.29 Å². The number of carbonyl (C=O) groups is 2. The van der Waals surface area contributed by atoms with Crippen LogP contribution in [0.5, 0.6) is 11.5 Å². The summed E-state index contributed by atoms with van der Waals surface area (Å²) in [4.78, 5) is 23.9. The molecule has 0 unspecified atom stereocenters. The van der Waals surface area contributed by atoms with Gasteiger partial charge in [-0.1, -0.05) is 0 Å². The summed E-state index contributed by atoms with van der Waals surface area (Å²) in [5.74, 6) is 0.780. The van der Waals surface area contributed by atoms with Gasteiger partial charge < -0.3 is 14.4 Å². The quantitative estimate of drug-likeness (QED) is 0.735. The van der Waals surface area contributed by atoms with E-state index in [1.165, 1.54) is 4.90 Å². The highest BCUT2D eigenvalue weighted by Gasteiger charge is 2.18. The molecule has 1 rings (SSSR count). The predicted molar refractivity (Wildman–Crippen MR) is 71.8 cm³/mol. The van der Waals surface area contributed by atoms with E-state index in [0.29, 0.717) is 23.7 Å². The number of hydrogen-bond acceptors (Lipinski definition) is 4. The summed E-state index contributed by atoms with van der Waals surface area (Å²) < 4.78 is 11.0. The van der Waals surface area contributed by atoms with Crippen LogP contribution in [0.15, 0.2) is 18.2 Å². The van der Waals surface area contributed by atoms with Crippen molar-refractivity contribution in [2.75, 3.05) is 20.7 Å². The van der Waals surface area contributed by atoms with Crippen LogP contribution in [0.2, 0.25) is 0 Å². The summed E-state index contributed by atoms with van der Waals surface area (Å²) in [6, 6.07) is 4.85. The average molecular weight is 265 g/mol. The number of ether oxygens (including phenoxy) is 2. The monoisotopic (exact) mass is 265 g/mol. The number of aldehydes is 1.